The number of benzene rings is 1. The van der Waals surface area contributed by atoms with Crippen molar-refractivity contribution >= 4 is 34.8 Å². The molecular weight excluding hydrogens is 307 g/mol. The number of hydrogen-bond donors (Lipinski definition) is 1. The second-order valence-corrected chi connectivity index (χ2v) is 5.60. The number of rotatable bonds is 4. The number of hydrogen-bond acceptors (Lipinski definition) is 2. The van der Waals surface area contributed by atoms with E-state index in [1.165, 1.54) is 0 Å². The fourth-order valence-electron chi connectivity index (χ4n) is 2.04. The second-order valence-electron chi connectivity index (χ2n) is 4.81. The molecule has 3 nitrogen and oxygen atoms in total. The largest absolute Gasteiger partial charge is 0.320 e. The molecule has 0 aliphatic carbocycles. The van der Waals surface area contributed by atoms with Gasteiger partial charge in [0.2, 0.25) is 0 Å². The fraction of sp³-hybridized carbons (Fsp3) is 0.250. The Kier molecular flexibility index (Phi) is 5.21. The van der Waals surface area contributed by atoms with Crippen LogP contribution in [-0.4, -0.2) is 10.9 Å². The zero-order chi connectivity index (χ0) is 15.4. The molecule has 2 aromatic rings. The minimum absolute atomic E-state index is 0.243. The predicted octanol–water partition coefficient (Wildman–Crippen LogP) is 4.90. The van der Waals surface area contributed by atoms with Gasteiger partial charge in [0.1, 0.15) is 5.15 Å². The Balaban J connectivity index is 2.28. The van der Waals surface area contributed by atoms with Crippen LogP contribution in [0.2, 0.25) is 10.2 Å². The van der Waals surface area contributed by atoms with E-state index in [9.17, 15) is 4.79 Å². The summed E-state index contributed by atoms with van der Waals surface area (Å²) in [7, 11) is 0. The lowest BCUT2D eigenvalue weighted by Crippen LogP contribution is -2.14. The summed E-state index contributed by atoms with van der Waals surface area (Å²) < 4.78 is 0. The van der Waals surface area contributed by atoms with E-state index in [0.717, 1.165) is 24.1 Å². The van der Waals surface area contributed by atoms with Gasteiger partial charge < -0.3 is 5.32 Å². The lowest BCUT2D eigenvalue weighted by molar-refractivity contribution is 0.102. The first-order chi connectivity index (χ1) is 10.0. The van der Waals surface area contributed by atoms with Gasteiger partial charge in [-0.05, 0) is 37.1 Å². The number of anilines is 1. The maximum absolute atomic E-state index is 12.4. The predicted molar refractivity (Wildman–Crippen MR) is 87.4 cm³/mol. The molecule has 5 heteroatoms. The molecular formula is C16H16Cl2N2O. The van der Waals surface area contributed by atoms with Gasteiger partial charge in [-0.1, -0.05) is 48.7 Å². The summed E-state index contributed by atoms with van der Waals surface area (Å²) in [5.74, 6) is -0.243. The van der Waals surface area contributed by atoms with E-state index >= 15 is 0 Å². The van der Waals surface area contributed by atoms with Crippen LogP contribution in [0.5, 0.6) is 0 Å². The van der Waals surface area contributed by atoms with E-state index in [2.05, 4.69) is 17.2 Å². The third kappa shape index (κ3) is 3.96. The molecule has 0 aliphatic heterocycles. The normalized spacial score (nSPS) is 10.5. The number of amides is 1. The summed E-state index contributed by atoms with van der Waals surface area (Å²) in [6, 6.07) is 8.80. The van der Waals surface area contributed by atoms with Crippen LogP contribution in [-0.2, 0) is 6.42 Å². The minimum Gasteiger partial charge on any atom is -0.320 e. The SMILES string of the molecule is CCCc1cc(C(=O)Nc2c(C)cccc2Cl)cc(Cl)n1. The smallest absolute Gasteiger partial charge is 0.255 e. The molecule has 0 aliphatic rings. The molecule has 1 N–H and O–H groups in total. The quantitative estimate of drug-likeness (QED) is 0.813. The van der Waals surface area contributed by atoms with E-state index in [4.69, 9.17) is 23.2 Å². The van der Waals surface area contributed by atoms with Gasteiger partial charge in [0.25, 0.3) is 5.91 Å². The number of nitrogens with one attached hydrogen (secondary N) is 1. The highest BCUT2D eigenvalue weighted by Gasteiger charge is 2.12. The van der Waals surface area contributed by atoms with Crippen LogP contribution in [0.1, 0.15) is 35.0 Å². The number of aryl methyl sites for hydroxylation is 2. The molecule has 110 valence electrons. The van der Waals surface area contributed by atoms with Crippen molar-refractivity contribution in [3.05, 3.63) is 57.3 Å². The van der Waals surface area contributed by atoms with Gasteiger partial charge in [0.05, 0.1) is 10.7 Å². The second kappa shape index (κ2) is 6.92. The van der Waals surface area contributed by atoms with Crippen molar-refractivity contribution in [2.75, 3.05) is 5.32 Å². The van der Waals surface area contributed by atoms with Crippen molar-refractivity contribution in [1.29, 1.82) is 0 Å². The van der Waals surface area contributed by atoms with Crippen molar-refractivity contribution in [3.63, 3.8) is 0 Å². The first-order valence-corrected chi connectivity index (χ1v) is 7.49. The lowest BCUT2D eigenvalue weighted by atomic mass is 10.1. The Hall–Kier alpha value is -1.58. The first-order valence-electron chi connectivity index (χ1n) is 6.74. The van der Waals surface area contributed by atoms with Crippen LogP contribution >= 0.6 is 23.2 Å². The average Bonchev–Trinajstić information content (AvgIpc) is 2.42. The lowest BCUT2D eigenvalue weighted by Gasteiger charge is -2.11. The molecule has 1 amide bonds. The Morgan fingerprint density at radius 1 is 1.29 bits per heavy atom. The zero-order valence-electron chi connectivity index (χ0n) is 11.9. The van der Waals surface area contributed by atoms with Crippen LogP contribution in [0.25, 0.3) is 0 Å². The Morgan fingerprint density at radius 2 is 2.05 bits per heavy atom. The molecule has 0 spiro atoms. The first kappa shape index (κ1) is 15.8. The van der Waals surface area contributed by atoms with E-state index in [0.29, 0.717) is 21.4 Å². The summed E-state index contributed by atoms with van der Waals surface area (Å²) in [4.78, 5) is 16.6. The van der Waals surface area contributed by atoms with E-state index < -0.39 is 0 Å². The molecule has 0 saturated heterocycles. The summed E-state index contributed by atoms with van der Waals surface area (Å²) in [5, 5.41) is 3.67. The average molecular weight is 323 g/mol. The Morgan fingerprint density at radius 3 is 2.71 bits per heavy atom. The molecule has 0 radical (unpaired) electrons. The van der Waals surface area contributed by atoms with Gasteiger partial charge in [0.15, 0.2) is 0 Å². The van der Waals surface area contributed by atoms with Crippen LogP contribution < -0.4 is 5.32 Å². The topological polar surface area (TPSA) is 42.0 Å². The molecule has 0 fully saturated rings. The Bertz CT molecular complexity index is 651. The molecule has 1 aromatic carbocycles. The summed E-state index contributed by atoms with van der Waals surface area (Å²) >= 11 is 12.1. The number of halogens is 2. The van der Waals surface area contributed by atoms with Crippen molar-refractivity contribution in [1.82, 2.24) is 4.98 Å². The number of aromatic nitrogens is 1. The number of carbonyl (C=O) groups is 1. The number of nitrogens with zero attached hydrogens (tertiary/aromatic N) is 1. The third-order valence-corrected chi connectivity index (χ3v) is 3.58. The van der Waals surface area contributed by atoms with E-state index in [1.807, 2.05) is 19.1 Å². The van der Waals surface area contributed by atoms with Gasteiger partial charge in [-0.2, -0.15) is 0 Å². The molecule has 21 heavy (non-hydrogen) atoms. The molecule has 1 aromatic heterocycles. The monoisotopic (exact) mass is 322 g/mol. The third-order valence-electron chi connectivity index (χ3n) is 3.08. The fourth-order valence-corrected chi connectivity index (χ4v) is 2.54. The van der Waals surface area contributed by atoms with Gasteiger partial charge in [0, 0.05) is 11.3 Å². The van der Waals surface area contributed by atoms with Crippen molar-refractivity contribution in [2.45, 2.75) is 26.7 Å². The maximum atomic E-state index is 12.4. The molecule has 1 heterocycles. The highest BCUT2D eigenvalue weighted by molar-refractivity contribution is 6.34. The van der Waals surface area contributed by atoms with Crippen LogP contribution in [0, 0.1) is 6.92 Å². The summed E-state index contributed by atoms with van der Waals surface area (Å²) in [6.45, 7) is 3.94. The molecule has 0 bridgehead atoms. The summed E-state index contributed by atoms with van der Waals surface area (Å²) in [6.07, 6.45) is 1.73. The van der Waals surface area contributed by atoms with Crippen molar-refractivity contribution < 1.29 is 4.79 Å². The molecule has 0 atom stereocenters. The molecule has 0 saturated carbocycles. The molecule has 2 rings (SSSR count). The van der Waals surface area contributed by atoms with Gasteiger partial charge >= 0.3 is 0 Å². The van der Waals surface area contributed by atoms with Crippen molar-refractivity contribution in [3.8, 4) is 0 Å². The highest BCUT2D eigenvalue weighted by Crippen LogP contribution is 2.26. The summed E-state index contributed by atoms with van der Waals surface area (Å²) in [5.41, 5.74) is 2.82. The van der Waals surface area contributed by atoms with Crippen molar-refractivity contribution in [2.24, 2.45) is 0 Å². The van der Waals surface area contributed by atoms with E-state index in [1.54, 1.807) is 18.2 Å². The van der Waals surface area contributed by atoms with Crippen LogP contribution in [0.3, 0.4) is 0 Å². The minimum atomic E-state index is -0.243. The van der Waals surface area contributed by atoms with Gasteiger partial charge in [-0.25, -0.2) is 4.98 Å². The standard InChI is InChI=1S/C16H16Cl2N2O/c1-3-5-12-8-11(9-14(18)19-12)16(21)20-15-10(2)6-4-7-13(15)17/h4,6-9H,3,5H2,1-2H3,(H,20,21). The number of carbonyl (C=O) groups excluding carboxylic acids is 1. The maximum Gasteiger partial charge on any atom is 0.255 e. The zero-order valence-corrected chi connectivity index (χ0v) is 13.4. The van der Waals surface area contributed by atoms with Crippen LogP contribution in [0.4, 0.5) is 5.69 Å². The Labute approximate surface area is 134 Å². The van der Waals surface area contributed by atoms with Gasteiger partial charge in [-0.3, -0.25) is 4.79 Å². The number of pyridine rings is 1. The van der Waals surface area contributed by atoms with Crippen LogP contribution in [0.15, 0.2) is 30.3 Å². The molecule has 0 unspecified atom stereocenters. The highest BCUT2D eigenvalue weighted by atomic mass is 35.5. The van der Waals surface area contributed by atoms with Gasteiger partial charge in [-0.15, -0.1) is 0 Å². The number of para-hydroxylation sites is 1. The van der Waals surface area contributed by atoms with E-state index in [-0.39, 0.29) is 5.91 Å².